The number of benzene rings is 2. The Hall–Kier alpha value is -3.10. The van der Waals surface area contributed by atoms with Gasteiger partial charge in [0.05, 0.1) is 11.3 Å². The number of hydrogen-bond acceptors (Lipinski definition) is 5. The van der Waals surface area contributed by atoms with Crippen molar-refractivity contribution >= 4 is 23.0 Å². The molecule has 122 valence electrons. The van der Waals surface area contributed by atoms with Crippen LogP contribution in [0.15, 0.2) is 47.8 Å². The third kappa shape index (κ3) is 3.12. The van der Waals surface area contributed by atoms with E-state index in [9.17, 15) is 5.26 Å². The Morgan fingerprint density at radius 1 is 1.16 bits per heavy atom. The number of allylic oxidation sites excluding steroid dienone is 1. The molecular weight excluding hydrogens is 332 g/mol. The Kier molecular flexibility index (Phi) is 3.96. The van der Waals surface area contributed by atoms with E-state index in [1.807, 2.05) is 41.8 Å². The van der Waals surface area contributed by atoms with Crippen LogP contribution in [0.25, 0.3) is 22.9 Å². The summed E-state index contributed by atoms with van der Waals surface area (Å²) in [5, 5.41) is 12.2. The van der Waals surface area contributed by atoms with Crippen molar-refractivity contribution in [2.24, 2.45) is 0 Å². The molecule has 0 amide bonds. The molecule has 4 nitrogen and oxygen atoms in total. The third-order valence-electron chi connectivity index (χ3n) is 3.91. The molecule has 0 atom stereocenters. The highest BCUT2D eigenvalue weighted by atomic mass is 32.1. The van der Waals surface area contributed by atoms with Gasteiger partial charge in [0.1, 0.15) is 11.1 Å². The second-order valence-electron chi connectivity index (χ2n) is 5.69. The Morgan fingerprint density at radius 2 is 1.96 bits per heavy atom. The van der Waals surface area contributed by atoms with Crippen molar-refractivity contribution < 1.29 is 9.47 Å². The minimum atomic E-state index is 0.236. The highest BCUT2D eigenvalue weighted by Gasteiger charge is 2.14. The van der Waals surface area contributed by atoms with Crippen LogP contribution in [0.1, 0.15) is 16.1 Å². The van der Waals surface area contributed by atoms with Crippen molar-refractivity contribution in [3.8, 4) is 28.8 Å². The van der Waals surface area contributed by atoms with Crippen LogP contribution in [0.3, 0.4) is 0 Å². The largest absolute Gasteiger partial charge is 0.454 e. The van der Waals surface area contributed by atoms with Gasteiger partial charge in [-0.25, -0.2) is 4.98 Å². The van der Waals surface area contributed by atoms with E-state index < -0.39 is 0 Å². The minimum Gasteiger partial charge on any atom is -0.454 e. The maximum Gasteiger partial charge on any atom is 0.231 e. The normalized spacial score (nSPS) is 12.9. The lowest BCUT2D eigenvalue weighted by Gasteiger charge is -1.99. The average molecular weight is 346 g/mol. The van der Waals surface area contributed by atoms with Gasteiger partial charge in [0.15, 0.2) is 11.5 Å². The van der Waals surface area contributed by atoms with Gasteiger partial charge < -0.3 is 9.47 Å². The molecule has 1 aliphatic heterocycles. The Bertz CT molecular complexity index is 997. The van der Waals surface area contributed by atoms with Gasteiger partial charge in [-0.1, -0.05) is 35.9 Å². The number of thiazole rings is 1. The van der Waals surface area contributed by atoms with Gasteiger partial charge in [0, 0.05) is 10.9 Å². The Labute approximate surface area is 149 Å². The zero-order chi connectivity index (χ0) is 17.2. The van der Waals surface area contributed by atoms with Gasteiger partial charge in [-0.3, -0.25) is 0 Å². The van der Waals surface area contributed by atoms with Crippen molar-refractivity contribution in [1.82, 2.24) is 4.98 Å². The number of fused-ring (bicyclic) bond motifs is 1. The fourth-order valence-electron chi connectivity index (χ4n) is 2.57. The number of aryl methyl sites for hydroxylation is 1. The molecule has 1 aliphatic rings. The van der Waals surface area contributed by atoms with E-state index in [1.165, 1.54) is 16.9 Å². The van der Waals surface area contributed by atoms with Crippen LogP contribution < -0.4 is 9.47 Å². The van der Waals surface area contributed by atoms with Crippen molar-refractivity contribution in [3.05, 3.63) is 64.0 Å². The van der Waals surface area contributed by atoms with Crippen molar-refractivity contribution in [2.45, 2.75) is 6.92 Å². The van der Waals surface area contributed by atoms with Gasteiger partial charge >= 0.3 is 0 Å². The maximum absolute atomic E-state index is 9.54. The molecule has 2 heterocycles. The summed E-state index contributed by atoms with van der Waals surface area (Å²) in [4.78, 5) is 4.62. The molecule has 0 saturated carbocycles. The molecule has 3 aromatic rings. The first kappa shape index (κ1) is 15.4. The standard InChI is InChI=1S/C20H14N2O2S/c1-13-2-5-15(6-3-13)17-11-25-20(22-17)16(10-21)8-14-4-7-18-19(9-14)24-12-23-18/h2-9,11H,12H2,1H3/b16-8+. The van der Waals surface area contributed by atoms with E-state index in [0.717, 1.165) is 22.6 Å². The number of nitrogens with zero attached hydrogens (tertiary/aromatic N) is 2. The van der Waals surface area contributed by atoms with E-state index in [2.05, 4.69) is 30.1 Å². The molecule has 0 saturated heterocycles. The summed E-state index contributed by atoms with van der Waals surface area (Å²) in [6.07, 6.45) is 1.82. The molecule has 0 spiro atoms. The highest BCUT2D eigenvalue weighted by molar-refractivity contribution is 7.11. The van der Waals surface area contributed by atoms with E-state index in [1.54, 1.807) is 0 Å². The number of nitriles is 1. The summed E-state index contributed by atoms with van der Waals surface area (Å²) in [6, 6.07) is 16.1. The van der Waals surface area contributed by atoms with E-state index >= 15 is 0 Å². The zero-order valence-electron chi connectivity index (χ0n) is 13.5. The van der Waals surface area contributed by atoms with Gasteiger partial charge in [0.25, 0.3) is 0 Å². The lowest BCUT2D eigenvalue weighted by atomic mass is 10.1. The quantitative estimate of drug-likeness (QED) is 0.632. The van der Waals surface area contributed by atoms with E-state index in [0.29, 0.717) is 16.3 Å². The smallest absolute Gasteiger partial charge is 0.231 e. The third-order valence-corrected chi connectivity index (χ3v) is 4.79. The SMILES string of the molecule is Cc1ccc(-c2csc(/C(C#N)=C/c3ccc4c(c3)OCO4)n2)cc1. The second kappa shape index (κ2) is 6.42. The number of rotatable bonds is 3. The van der Waals surface area contributed by atoms with Gasteiger partial charge in [-0.2, -0.15) is 5.26 Å². The second-order valence-corrected chi connectivity index (χ2v) is 6.54. The predicted octanol–water partition coefficient (Wildman–Crippen LogP) is 4.91. The van der Waals surface area contributed by atoms with Gasteiger partial charge in [-0.05, 0) is 30.7 Å². The van der Waals surface area contributed by atoms with Crippen molar-refractivity contribution in [2.75, 3.05) is 6.79 Å². The highest BCUT2D eigenvalue weighted by Crippen LogP contribution is 2.34. The minimum absolute atomic E-state index is 0.236. The molecule has 25 heavy (non-hydrogen) atoms. The Balaban J connectivity index is 1.65. The summed E-state index contributed by atoms with van der Waals surface area (Å²) in [5.41, 5.74) is 4.55. The molecule has 0 unspecified atom stereocenters. The first-order chi connectivity index (χ1) is 12.2. The lowest BCUT2D eigenvalue weighted by Crippen LogP contribution is -1.92. The molecule has 0 bridgehead atoms. The lowest BCUT2D eigenvalue weighted by molar-refractivity contribution is 0.174. The van der Waals surface area contributed by atoms with Crippen LogP contribution in [0, 0.1) is 18.3 Å². The molecular formula is C20H14N2O2S. The summed E-state index contributed by atoms with van der Waals surface area (Å²) in [7, 11) is 0. The van der Waals surface area contributed by atoms with E-state index in [4.69, 9.17) is 9.47 Å². The van der Waals surface area contributed by atoms with Crippen LogP contribution in [-0.2, 0) is 0 Å². The first-order valence-corrected chi connectivity index (χ1v) is 8.65. The summed E-state index contributed by atoms with van der Waals surface area (Å²) >= 11 is 1.47. The molecule has 0 fully saturated rings. The van der Waals surface area contributed by atoms with Crippen LogP contribution in [0.4, 0.5) is 0 Å². The number of aromatic nitrogens is 1. The van der Waals surface area contributed by atoms with Crippen LogP contribution in [0.2, 0.25) is 0 Å². The fourth-order valence-corrected chi connectivity index (χ4v) is 3.36. The van der Waals surface area contributed by atoms with E-state index in [-0.39, 0.29) is 6.79 Å². The molecule has 0 aliphatic carbocycles. The summed E-state index contributed by atoms with van der Waals surface area (Å²) in [5.74, 6) is 1.43. The molecule has 2 aromatic carbocycles. The van der Waals surface area contributed by atoms with Crippen molar-refractivity contribution in [3.63, 3.8) is 0 Å². The monoisotopic (exact) mass is 346 g/mol. The topological polar surface area (TPSA) is 55.1 Å². The number of hydrogen-bond donors (Lipinski definition) is 0. The van der Waals surface area contributed by atoms with Crippen LogP contribution in [0.5, 0.6) is 11.5 Å². The average Bonchev–Trinajstić information content (AvgIpc) is 3.29. The van der Waals surface area contributed by atoms with Gasteiger partial charge in [0.2, 0.25) is 6.79 Å². The van der Waals surface area contributed by atoms with Crippen molar-refractivity contribution in [1.29, 1.82) is 5.26 Å². The molecule has 4 rings (SSSR count). The summed E-state index contributed by atoms with van der Waals surface area (Å²) < 4.78 is 10.7. The predicted molar refractivity (Wildman–Crippen MR) is 98.3 cm³/mol. The maximum atomic E-state index is 9.54. The fraction of sp³-hybridized carbons (Fsp3) is 0.100. The van der Waals surface area contributed by atoms with Crippen LogP contribution >= 0.6 is 11.3 Å². The molecule has 1 aromatic heterocycles. The molecule has 5 heteroatoms. The van der Waals surface area contributed by atoms with Crippen LogP contribution in [-0.4, -0.2) is 11.8 Å². The Morgan fingerprint density at radius 3 is 2.76 bits per heavy atom. The zero-order valence-corrected chi connectivity index (χ0v) is 14.3. The summed E-state index contributed by atoms with van der Waals surface area (Å²) in [6.45, 7) is 2.29. The first-order valence-electron chi connectivity index (χ1n) is 7.77. The molecule has 0 radical (unpaired) electrons. The number of ether oxygens (including phenoxy) is 2. The van der Waals surface area contributed by atoms with Gasteiger partial charge in [-0.15, -0.1) is 11.3 Å². The molecule has 0 N–H and O–H groups in total.